The van der Waals surface area contributed by atoms with Gasteiger partial charge in [0.15, 0.2) is 11.5 Å². The normalized spacial score (nSPS) is 11.9. The molecule has 2 aromatic rings. The van der Waals surface area contributed by atoms with E-state index in [1.54, 1.807) is 14.2 Å². The summed E-state index contributed by atoms with van der Waals surface area (Å²) < 4.78 is 11.5. The fraction of sp³-hybridized carbons (Fsp3) is 0.350. The molecule has 0 fully saturated rings. The Balaban J connectivity index is 1.92. The van der Waals surface area contributed by atoms with Gasteiger partial charge in [-0.15, -0.1) is 0 Å². The molecule has 0 spiro atoms. The molecule has 6 heteroatoms. The lowest BCUT2D eigenvalue weighted by Crippen LogP contribution is -2.40. The summed E-state index contributed by atoms with van der Waals surface area (Å²) in [5, 5.41) is 2.95. The molecule has 0 unspecified atom stereocenters. The van der Waals surface area contributed by atoms with Gasteiger partial charge in [0.1, 0.15) is 0 Å². The van der Waals surface area contributed by atoms with Crippen LogP contribution in [-0.2, 0) is 11.2 Å². The number of ether oxygens (including phenoxy) is 2. The molecule has 1 amide bonds. The van der Waals surface area contributed by atoms with Crippen LogP contribution in [0.5, 0.6) is 11.5 Å². The van der Waals surface area contributed by atoms with Crippen LogP contribution in [-0.4, -0.2) is 44.7 Å². The van der Waals surface area contributed by atoms with Crippen molar-refractivity contribution in [2.24, 2.45) is 0 Å². The Morgan fingerprint density at radius 1 is 1.15 bits per heavy atom. The molecule has 2 rings (SSSR count). The number of nitrogens with one attached hydrogen (secondary N) is 1. The minimum absolute atomic E-state index is 0.0297. The molecule has 0 aliphatic rings. The highest BCUT2D eigenvalue weighted by atomic mass is 79.9. The standard InChI is InChI=1S/C20H25BrN2O3/c1-14(20(24)22-17-7-5-6-16(21)13-17)23(2)11-10-15-8-9-18(25-3)19(12-15)26-4/h5-9,12-14H,10-11H2,1-4H3,(H,22,24)/t14-/m1/s1. The maximum Gasteiger partial charge on any atom is 0.241 e. The third-order valence-electron chi connectivity index (χ3n) is 4.33. The van der Waals surface area contributed by atoms with Gasteiger partial charge in [-0.1, -0.05) is 28.1 Å². The van der Waals surface area contributed by atoms with Gasteiger partial charge in [0.25, 0.3) is 0 Å². The lowest BCUT2D eigenvalue weighted by Gasteiger charge is -2.24. The zero-order chi connectivity index (χ0) is 19.1. The lowest BCUT2D eigenvalue weighted by atomic mass is 10.1. The molecule has 0 saturated heterocycles. The van der Waals surface area contributed by atoms with Crippen LogP contribution >= 0.6 is 15.9 Å². The van der Waals surface area contributed by atoms with Crippen LogP contribution in [0.1, 0.15) is 12.5 Å². The predicted octanol–water partition coefficient (Wildman–Crippen LogP) is 3.97. The summed E-state index contributed by atoms with van der Waals surface area (Å²) in [6.07, 6.45) is 0.811. The van der Waals surface area contributed by atoms with E-state index in [1.165, 1.54) is 0 Å². The van der Waals surface area contributed by atoms with E-state index in [2.05, 4.69) is 21.2 Å². The number of amides is 1. The molecule has 0 aliphatic heterocycles. The van der Waals surface area contributed by atoms with Gasteiger partial charge in [-0.3, -0.25) is 9.69 Å². The van der Waals surface area contributed by atoms with Gasteiger partial charge in [-0.05, 0) is 56.3 Å². The van der Waals surface area contributed by atoms with E-state index in [0.29, 0.717) is 11.5 Å². The van der Waals surface area contributed by atoms with Crippen molar-refractivity contribution in [1.29, 1.82) is 0 Å². The molecule has 2 aromatic carbocycles. The number of likely N-dealkylation sites (N-methyl/N-ethyl adjacent to an activating group) is 1. The van der Waals surface area contributed by atoms with Crippen molar-refractivity contribution in [3.63, 3.8) is 0 Å². The van der Waals surface area contributed by atoms with Crippen LogP contribution in [0, 0.1) is 0 Å². The molecule has 1 N–H and O–H groups in total. The summed E-state index contributed by atoms with van der Waals surface area (Å²) >= 11 is 3.41. The maximum atomic E-state index is 12.5. The lowest BCUT2D eigenvalue weighted by molar-refractivity contribution is -0.120. The largest absolute Gasteiger partial charge is 0.493 e. The van der Waals surface area contributed by atoms with Crippen molar-refractivity contribution < 1.29 is 14.3 Å². The van der Waals surface area contributed by atoms with Crippen molar-refractivity contribution in [2.45, 2.75) is 19.4 Å². The number of anilines is 1. The second kappa shape index (κ2) is 9.59. The van der Waals surface area contributed by atoms with Crippen LogP contribution in [0.15, 0.2) is 46.9 Å². The van der Waals surface area contributed by atoms with Crippen molar-refractivity contribution in [3.05, 3.63) is 52.5 Å². The summed E-state index contributed by atoms with van der Waals surface area (Å²) in [7, 11) is 5.20. The van der Waals surface area contributed by atoms with Crippen LogP contribution in [0.25, 0.3) is 0 Å². The smallest absolute Gasteiger partial charge is 0.241 e. The second-order valence-electron chi connectivity index (χ2n) is 6.10. The first-order chi connectivity index (χ1) is 12.4. The highest BCUT2D eigenvalue weighted by Crippen LogP contribution is 2.27. The van der Waals surface area contributed by atoms with Gasteiger partial charge >= 0.3 is 0 Å². The average Bonchev–Trinajstić information content (AvgIpc) is 2.65. The highest BCUT2D eigenvalue weighted by Gasteiger charge is 2.18. The summed E-state index contributed by atoms with van der Waals surface area (Å²) in [6.45, 7) is 2.66. The molecule has 0 heterocycles. The third kappa shape index (κ3) is 5.47. The summed E-state index contributed by atoms with van der Waals surface area (Å²) in [4.78, 5) is 14.5. The van der Waals surface area contributed by atoms with Gasteiger partial charge in [-0.2, -0.15) is 0 Å². The Morgan fingerprint density at radius 3 is 2.54 bits per heavy atom. The van der Waals surface area contributed by atoms with E-state index in [-0.39, 0.29) is 11.9 Å². The van der Waals surface area contributed by atoms with Gasteiger partial charge in [0, 0.05) is 16.7 Å². The fourth-order valence-electron chi connectivity index (χ4n) is 2.55. The zero-order valence-corrected chi connectivity index (χ0v) is 17.2. The molecule has 1 atom stereocenters. The maximum absolute atomic E-state index is 12.5. The Hall–Kier alpha value is -2.05. The van der Waals surface area contributed by atoms with Crippen LogP contribution < -0.4 is 14.8 Å². The third-order valence-corrected chi connectivity index (χ3v) is 4.83. The first-order valence-corrected chi connectivity index (χ1v) is 9.21. The molecular weight excluding hydrogens is 396 g/mol. The second-order valence-corrected chi connectivity index (χ2v) is 7.01. The highest BCUT2D eigenvalue weighted by molar-refractivity contribution is 9.10. The molecule has 0 aromatic heterocycles. The number of hydrogen-bond donors (Lipinski definition) is 1. The van der Waals surface area contributed by atoms with Crippen molar-refractivity contribution in [2.75, 3.05) is 33.1 Å². The van der Waals surface area contributed by atoms with Gasteiger partial charge in [-0.25, -0.2) is 0 Å². The Kier molecular flexibility index (Phi) is 7.48. The number of carbonyl (C=O) groups excluding carboxylic acids is 1. The minimum Gasteiger partial charge on any atom is -0.493 e. The molecule has 5 nitrogen and oxygen atoms in total. The van der Waals surface area contributed by atoms with Crippen LogP contribution in [0.4, 0.5) is 5.69 Å². The fourth-order valence-corrected chi connectivity index (χ4v) is 2.95. The van der Waals surface area contributed by atoms with Gasteiger partial charge in [0.2, 0.25) is 5.91 Å². The zero-order valence-electron chi connectivity index (χ0n) is 15.6. The van der Waals surface area contributed by atoms with Crippen molar-refractivity contribution in [3.8, 4) is 11.5 Å². The molecule has 0 radical (unpaired) electrons. The number of nitrogens with zero attached hydrogens (tertiary/aromatic N) is 1. The summed E-state index contributed by atoms with van der Waals surface area (Å²) in [6, 6.07) is 13.2. The molecule has 0 aliphatic carbocycles. The van der Waals surface area contributed by atoms with Gasteiger partial charge in [0.05, 0.1) is 20.3 Å². The molecule has 0 saturated carbocycles. The molecular formula is C20H25BrN2O3. The SMILES string of the molecule is COc1ccc(CCN(C)[C@H](C)C(=O)Nc2cccc(Br)c2)cc1OC. The quantitative estimate of drug-likeness (QED) is 0.701. The van der Waals surface area contributed by atoms with E-state index in [4.69, 9.17) is 9.47 Å². The van der Waals surface area contributed by atoms with Crippen molar-refractivity contribution >= 4 is 27.5 Å². The van der Waals surface area contributed by atoms with Crippen LogP contribution in [0.2, 0.25) is 0 Å². The van der Waals surface area contributed by atoms with E-state index in [0.717, 1.165) is 28.7 Å². The van der Waals surface area contributed by atoms with E-state index in [1.807, 2.05) is 61.3 Å². The van der Waals surface area contributed by atoms with E-state index in [9.17, 15) is 4.79 Å². The molecule has 0 bridgehead atoms. The Morgan fingerprint density at radius 2 is 1.88 bits per heavy atom. The van der Waals surface area contributed by atoms with Crippen LogP contribution in [0.3, 0.4) is 0 Å². The number of hydrogen-bond acceptors (Lipinski definition) is 4. The summed E-state index contributed by atoms with van der Waals surface area (Å²) in [5.74, 6) is 1.40. The Labute approximate surface area is 163 Å². The molecule has 140 valence electrons. The number of halogens is 1. The van der Waals surface area contributed by atoms with Gasteiger partial charge < -0.3 is 14.8 Å². The van der Waals surface area contributed by atoms with E-state index >= 15 is 0 Å². The Bertz CT molecular complexity index is 752. The number of benzene rings is 2. The molecule has 26 heavy (non-hydrogen) atoms. The van der Waals surface area contributed by atoms with Crippen molar-refractivity contribution in [1.82, 2.24) is 4.90 Å². The predicted molar refractivity (Wildman–Crippen MR) is 108 cm³/mol. The topological polar surface area (TPSA) is 50.8 Å². The number of carbonyl (C=O) groups is 1. The number of methoxy groups -OCH3 is 2. The summed E-state index contributed by atoms with van der Waals surface area (Å²) in [5.41, 5.74) is 1.92. The minimum atomic E-state index is -0.242. The first-order valence-electron chi connectivity index (χ1n) is 8.42. The first kappa shape index (κ1) is 20.3. The monoisotopic (exact) mass is 420 g/mol. The average molecular weight is 421 g/mol. The van der Waals surface area contributed by atoms with E-state index < -0.39 is 0 Å². The number of rotatable bonds is 8.